The number of benzene rings is 2. The van der Waals surface area contributed by atoms with Crippen LogP contribution in [0.5, 0.6) is 0 Å². The molecule has 5 heteroatoms. The predicted octanol–water partition coefficient (Wildman–Crippen LogP) is 2.20. The van der Waals surface area contributed by atoms with Gasteiger partial charge >= 0.3 is 23.1 Å². The zero-order chi connectivity index (χ0) is 12.6. The van der Waals surface area contributed by atoms with E-state index in [2.05, 4.69) is 6.58 Å². The van der Waals surface area contributed by atoms with E-state index in [1.54, 1.807) is 31.2 Å². The first-order chi connectivity index (χ1) is 7.91. The quantitative estimate of drug-likeness (QED) is 0.675. The summed E-state index contributed by atoms with van der Waals surface area (Å²) in [6, 6.07) is 10.5. The van der Waals surface area contributed by atoms with Gasteiger partial charge in [-0.25, -0.2) is 0 Å². The van der Waals surface area contributed by atoms with Crippen LogP contribution in [-0.2, 0) is 10.1 Å². The zero-order valence-corrected chi connectivity index (χ0v) is 10.2. The van der Waals surface area contributed by atoms with Crippen molar-refractivity contribution in [1.29, 1.82) is 0 Å². The smallest absolute Gasteiger partial charge is 0.282 e. The number of hydrogen-bond donors (Lipinski definition) is 1. The molecule has 0 bridgehead atoms. The summed E-state index contributed by atoms with van der Waals surface area (Å²) in [5.41, 5.74) is 1.05. The van der Waals surface area contributed by atoms with Gasteiger partial charge in [0.2, 0.25) is 0 Å². The highest BCUT2D eigenvalue weighted by molar-refractivity contribution is 7.86. The molecule has 92 valence electrons. The van der Waals surface area contributed by atoms with Gasteiger partial charge in [0.1, 0.15) is 4.90 Å². The van der Waals surface area contributed by atoms with Crippen LogP contribution in [-0.4, -0.2) is 36.0 Å². The predicted molar refractivity (Wildman–Crippen MR) is 77.0 cm³/mol. The summed E-state index contributed by atoms with van der Waals surface area (Å²) in [4.78, 5) is -0.0666. The molecule has 18 heavy (non-hydrogen) atoms. The highest BCUT2D eigenvalue weighted by Crippen LogP contribution is 2.30. The van der Waals surface area contributed by atoms with E-state index >= 15 is 0 Å². The number of hydrogen-bond acceptors (Lipinski definition) is 2. The van der Waals surface area contributed by atoms with Gasteiger partial charge in [0, 0.05) is 5.39 Å². The molecule has 2 aromatic rings. The van der Waals surface area contributed by atoms with Gasteiger partial charge in [-0.05, 0) is 23.4 Å². The van der Waals surface area contributed by atoms with Crippen molar-refractivity contribution in [2.75, 3.05) is 0 Å². The van der Waals surface area contributed by atoms with Crippen molar-refractivity contribution in [3.63, 3.8) is 0 Å². The molecule has 2 rings (SSSR count). The molecule has 0 fully saturated rings. The van der Waals surface area contributed by atoms with E-state index < -0.39 is 10.1 Å². The molecule has 0 radical (unpaired) electrons. The van der Waals surface area contributed by atoms with E-state index in [9.17, 15) is 13.0 Å². The van der Waals surface area contributed by atoms with Gasteiger partial charge in [-0.1, -0.05) is 43.0 Å². The lowest BCUT2D eigenvalue weighted by Gasteiger charge is -2.10. The van der Waals surface area contributed by atoms with E-state index in [-0.39, 0.29) is 27.9 Å². The fourth-order valence-electron chi connectivity index (χ4n) is 1.86. The van der Waals surface area contributed by atoms with Crippen LogP contribution in [0, 0.1) is 0 Å². The summed E-state index contributed by atoms with van der Waals surface area (Å²) in [5.74, 6) is 0. The minimum absolute atomic E-state index is 0. The summed E-state index contributed by atoms with van der Waals surface area (Å²) < 4.78 is 32.3. The summed E-state index contributed by atoms with van der Waals surface area (Å²) in [5, 5.41) is 1.28. The van der Waals surface area contributed by atoms with Gasteiger partial charge in [-0.3, -0.25) is 4.55 Å². The van der Waals surface area contributed by atoms with E-state index in [1.807, 2.05) is 12.1 Å². The number of fused-ring (bicyclic) bond motifs is 1. The van der Waals surface area contributed by atoms with Crippen molar-refractivity contribution in [1.82, 2.24) is 0 Å². The molecule has 0 saturated heterocycles. The Morgan fingerprint density at radius 2 is 1.78 bits per heavy atom. The van der Waals surface area contributed by atoms with Crippen LogP contribution in [0.2, 0.25) is 0 Å². The van der Waals surface area contributed by atoms with Crippen molar-refractivity contribution in [2.24, 2.45) is 0 Å². The highest BCUT2D eigenvalue weighted by atomic mass is 32.2. The second kappa shape index (κ2) is 5.40. The lowest BCUT2D eigenvalue weighted by Crippen LogP contribution is -2.03. The Morgan fingerprint density at radius 3 is 2.33 bits per heavy atom. The molecule has 0 aliphatic carbocycles. The molecule has 0 aromatic heterocycles. The normalized spacial score (nSPS) is 11.0. The third-order valence-corrected chi connectivity index (χ3v) is 3.55. The van der Waals surface area contributed by atoms with Crippen molar-refractivity contribution in [3.8, 4) is 0 Å². The fourth-order valence-corrected chi connectivity index (χ4v) is 2.84. The Kier molecular flexibility index (Phi) is 4.55. The lowest BCUT2D eigenvalue weighted by atomic mass is 10.0. The van der Waals surface area contributed by atoms with Crippen molar-refractivity contribution in [2.45, 2.75) is 11.8 Å². The van der Waals surface area contributed by atoms with Gasteiger partial charge < -0.3 is 0 Å². The van der Waals surface area contributed by atoms with Gasteiger partial charge in [0.25, 0.3) is 10.1 Å². The molecule has 0 aliphatic heterocycles. The zero-order valence-electron chi connectivity index (χ0n) is 9.34. The molecule has 0 heterocycles. The monoisotopic (exact) mass is 274 g/mol. The average Bonchev–Trinajstić information content (AvgIpc) is 2.26. The van der Waals surface area contributed by atoms with Crippen LogP contribution >= 0.6 is 0 Å². The molecular weight excluding hydrogens is 261 g/mol. The SMILES string of the molecule is C=C(C)c1ccc2ccccc2c1S(=O)(=O)O.[MgH2]. The van der Waals surface area contributed by atoms with Crippen LogP contribution in [0.3, 0.4) is 0 Å². The summed E-state index contributed by atoms with van der Waals surface area (Å²) in [6.45, 7) is 5.44. The van der Waals surface area contributed by atoms with E-state index in [4.69, 9.17) is 0 Å². The molecule has 0 amide bonds. The summed E-state index contributed by atoms with van der Waals surface area (Å²) >= 11 is 0. The van der Waals surface area contributed by atoms with Crippen LogP contribution in [0.15, 0.2) is 47.9 Å². The maximum atomic E-state index is 11.5. The first-order valence-corrected chi connectivity index (χ1v) is 6.50. The van der Waals surface area contributed by atoms with Crippen molar-refractivity contribution >= 4 is 49.5 Å². The maximum absolute atomic E-state index is 11.5. The minimum atomic E-state index is -4.27. The molecular formula is C13H14MgO3S. The van der Waals surface area contributed by atoms with Gasteiger partial charge in [-0.15, -0.1) is 0 Å². The van der Waals surface area contributed by atoms with Crippen LogP contribution < -0.4 is 0 Å². The summed E-state index contributed by atoms with van der Waals surface area (Å²) in [7, 11) is -4.27. The first kappa shape index (κ1) is 15.2. The standard InChI is InChI=1S/C13H12O3S.Mg.2H/c1-9(2)11-8-7-10-5-3-4-6-12(10)13(11)17(14,15)16;;;/h3-8H,1H2,2H3,(H,14,15,16);;;. The van der Waals surface area contributed by atoms with Crippen molar-refractivity contribution < 1.29 is 13.0 Å². The minimum Gasteiger partial charge on any atom is -0.282 e. The third-order valence-electron chi connectivity index (χ3n) is 2.60. The summed E-state index contributed by atoms with van der Waals surface area (Å²) in [6.07, 6.45) is 0. The van der Waals surface area contributed by atoms with Gasteiger partial charge in [-0.2, -0.15) is 8.42 Å². The topological polar surface area (TPSA) is 54.4 Å². The molecule has 3 nitrogen and oxygen atoms in total. The Bertz CT molecular complexity index is 705. The first-order valence-electron chi connectivity index (χ1n) is 5.06. The van der Waals surface area contributed by atoms with Crippen molar-refractivity contribution in [3.05, 3.63) is 48.5 Å². The molecule has 0 spiro atoms. The Balaban J connectivity index is 0.00000162. The average molecular weight is 275 g/mol. The maximum Gasteiger partial charge on any atom is 0.316 e. The highest BCUT2D eigenvalue weighted by Gasteiger charge is 2.19. The van der Waals surface area contributed by atoms with Gasteiger partial charge in [0.15, 0.2) is 0 Å². The molecule has 0 atom stereocenters. The lowest BCUT2D eigenvalue weighted by molar-refractivity contribution is 0.484. The van der Waals surface area contributed by atoms with E-state index in [1.165, 1.54) is 0 Å². The van der Waals surface area contributed by atoms with Crippen LogP contribution in [0.25, 0.3) is 16.3 Å². The third kappa shape index (κ3) is 2.75. The Hall–Kier alpha value is -0.884. The fraction of sp³-hybridized carbons (Fsp3) is 0.0769. The number of allylic oxidation sites excluding steroid dienone is 1. The second-order valence-electron chi connectivity index (χ2n) is 3.92. The second-order valence-corrected chi connectivity index (χ2v) is 5.28. The largest absolute Gasteiger partial charge is 0.316 e. The molecule has 0 unspecified atom stereocenters. The van der Waals surface area contributed by atoms with Crippen LogP contribution in [0.1, 0.15) is 12.5 Å². The van der Waals surface area contributed by atoms with E-state index in [0.717, 1.165) is 5.39 Å². The molecule has 2 aromatic carbocycles. The van der Waals surface area contributed by atoms with Crippen LogP contribution in [0.4, 0.5) is 0 Å². The molecule has 0 saturated carbocycles. The number of rotatable bonds is 2. The van der Waals surface area contributed by atoms with E-state index in [0.29, 0.717) is 16.5 Å². The molecule has 1 N–H and O–H groups in total. The molecule has 0 aliphatic rings. The Labute approximate surface area is 122 Å². The van der Waals surface area contributed by atoms with Gasteiger partial charge in [0.05, 0.1) is 0 Å². The Morgan fingerprint density at radius 1 is 1.17 bits per heavy atom.